The van der Waals surface area contributed by atoms with E-state index in [2.05, 4.69) is 10.3 Å². The minimum atomic E-state index is -0.945. The highest BCUT2D eigenvalue weighted by molar-refractivity contribution is 6.30. The van der Waals surface area contributed by atoms with Crippen LogP contribution in [0, 0.1) is 0 Å². The molecule has 0 saturated carbocycles. The Balaban J connectivity index is 2.32. The number of fused-ring (bicyclic) bond motifs is 1. The zero-order valence-corrected chi connectivity index (χ0v) is 12.2. The van der Waals surface area contributed by atoms with E-state index in [0.29, 0.717) is 22.9 Å². The molecule has 0 aliphatic rings. The van der Waals surface area contributed by atoms with Gasteiger partial charge >= 0.3 is 5.97 Å². The molecule has 5 nitrogen and oxygen atoms in total. The maximum Gasteiger partial charge on any atom is 0.305 e. The Morgan fingerprint density at radius 2 is 2.10 bits per heavy atom. The number of nitrogens with one attached hydrogen (secondary N) is 1. The molecule has 0 fully saturated rings. The van der Waals surface area contributed by atoms with Crippen LogP contribution in [0.1, 0.15) is 30.1 Å². The molecule has 0 saturated heterocycles. The summed E-state index contributed by atoms with van der Waals surface area (Å²) in [5.41, 5.74) is 1.02. The van der Waals surface area contributed by atoms with Gasteiger partial charge in [0.05, 0.1) is 17.5 Å². The number of carbonyl (C=O) groups excluding carboxylic acids is 1. The number of amides is 1. The highest BCUT2D eigenvalue weighted by Gasteiger charge is 2.17. The number of carbonyl (C=O) groups is 2. The smallest absolute Gasteiger partial charge is 0.305 e. The van der Waals surface area contributed by atoms with Crippen LogP contribution >= 0.6 is 11.6 Å². The number of hydrogen-bond acceptors (Lipinski definition) is 3. The highest BCUT2D eigenvalue weighted by Crippen LogP contribution is 2.21. The number of aromatic nitrogens is 1. The van der Waals surface area contributed by atoms with Gasteiger partial charge < -0.3 is 10.4 Å². The number of rotatable bonds is 5. The normalized spacial score (nSPS) is 12.1. The number of halogens is 1. The summed E-state index contributed by atoms with van der Waals surface area (Å²) in [4.78, 5) is 27.3. The van der Waals surface area contributed by atoms with Crippen LogP contribution in [0.4, 0.5) is 0 Å². The van der Waals surface area contributed by atoms with E-state index in [4.69, 9.17) is 16.7 Å². The number of benzene rings is 1. The number of carboxylic acids is 1. The van der Waals surface area contributed by atoms with Crippen molar-refractivity contribution in [3.05, 3.63) is 41.0 Å². The van der Waals surface area contributed by atoms with Gasteiger partial charge in [0.15, 0.2) is 0 Å². The molecule has 0 aliphatic heterocycles. The first-order chi connectivity index (χ1) is 10.0. The van der Waals surface area contributed by atoms with Gasteiger partial charge in [0.1, 0.15) is 5.15 Å². The molecule has 1 unspecified atom stereocenters. The monoisotopic (exact) mass is 306 g/mol. The second-order valence-corrected chi connectivity index (χ2v) is 5.07. The zero-order chi connectivity index (χ0) is 15.4. The molecule has 110 valence electrons. The summed E-state index contributed by atoms with van der Waals surface area (Å²) < 4.78 is 0. The van der Waals surface area contributed by atoms with Crippen LogP contribution < -0.4 is 5.32 Å². The molecule has 1 amide bonds. The summed E-state index contributed by atoms with van der Waals surface area (Å²) >= 11 is 5.94. The number of aliphatic carboxylic acids is 1. The summed E-state index contributed by atoms with van der Waals surface area (Å²) in [5.74, 6) is -1.29. The highest BCUT2D eigenvalue weighted by atomic mass is 35.5. The van der Waals surface area contributed by atoms with Gasteiger partial charge in [-0.15, -0.1) is 0 Å². The van der Waals surface area contributed by atoms with Crippen LogP contribution in [-0.2, 0) is 4.79 Å². The van der Waals surface area contributed by atoms with Crippen molar-refractivity contribution >= 4 is 34.4 Å². The standard InChI is InChI=1S/C15H15ClN2O3/c1-2-9(7-14(19)20)17-15(21)11-8-13(16)18-12-6-4-3-5-10(11)12/h3-6,8-9H,2,7H2,1H3,(H,17,21)(H,19,20). The van der Waals surface area contributed by atoms with Crippen molar-refractivity contribution in [2.24, 2.45) is 0 Å². The molecule has 0 bridgehead atoms. The first-order valence-corrected chi connectivity index (χ1v) is 6.97. The molecular weight excluding hydrogens is 292 g/mol. The minimum absolute atomic E-state index is 0.112. The van der Waals surface area contributed by atoms with Gasteiger partial charge in [0.25, 0.3) is 5.91 Å². The van der Waals surface area contributed by atoms with Crippen LogP contribution in [0.5, 0.6) is 0 Å². The number of pyridine rings is 1. The lowest BCUT2D eigenvalue weighted by atomic mass is 10.1. The molecule has 0 radical (unpaired) electrons. The van der Waals surface area contributed by atoms with E-state index in [9.17, 15) is 9.59 Å². The molecule has 2 N–H and O–H groups in total. The number of hydrogen-bond donors (Lipinski definition) is 2. The minimum Gasteiger partial charge on any atom is -0.481 e. The topological polar surface area (TPSA) is 79.3 Å². The SMILES string of the molecule is CCC(CC(=O)O)NC(=O)c1cc(Cl)nc2ccccc12. The molecule has 0 spiro atoms. The van der Waals surface area contributed by atoms with Gasteiger partial charge in [-0.05, 0) is 18.6 Å². The number of nitrogens with zero attached hydrogens (tertiary/aromatic N) is 1. The Kier molecular flexibility index (Phi) is 4.75. The summed E-state index contributed by atoms with van der Waals surface area (Å²) in [6.07, 6.45) is 0.424. The lowest BCUT2D eigenvalue weighted by Crippen LogP contribution is -2.36. The number of carboxylic acid groups (broad SMARTS) is 1. The average Bonchev–Trinajstić information content (AvgIpc) is 2.44. The molecule has 6 heteroatoms. The fourth-order valence-electron chi connectivity index (χ4n) is 2.10. The van der Waals surface area contributed by atoms with Crippen molar-refractivity contribution in [3.63, 3.8) is 0 Å². The van der Waals surface area contributed by atoms with Crippen molar-refractivity contribution in [1.29, 1.82) is 0 Å². The Morgan fingerprint density at radius 3 is 2.76 bits per heavy atom. The van der Waals surface area contributed by atoms with Crippen LogP contribution in [0.25, 0.3) is 10.9 Å². The van der Waals surface area contributed by atoms with E-state index in [-0.39, 0.29) is 17.5 Å². The third-order valence-electron chi connectivity index (χ3n) is 3.18. The van der Waals surface area contributed by atoms with E-state index < -0.39 is 12.0 Å². The fourth-order valence-corrected chi connectivity index (χ4v) is 2.30. The van der Waals surface area contributed by atoms with Gasteiger partial charge in [-0.1, -0.05) is 36.7 Å². The van der Waals surface area contributed by atoms with E-state index in [1.807, 2.05) is 19.1 Å². The second-order valence-electron chi connectivity index (χ2n) is 4.69. The predicted octanol–water partition coefficient (Wildman–Crippen LogP) is 2.87. The van der Waals surface area contributed by atoms with Crippen molar-refractivity contribution in [2.45, 2.75) is 25.8 Å². The summed E-state index contributed by atoms with van der Waals surface area (Å²) in [6, 6.07) is 8.25. The zero-order valence-electron chi connectivity index (χ0n) is 11.5. The lowest BCUT2D eigenvalue weighted by molar-refractivity contribution is -0.137. The third kappa shape index (κ3) is 3.70. The first kappa shape index (κ1) is 15.3. The fraction of sp³-hybridized carbons (Fsp3) is 0.267. The van der Waals surface area contributed by atoms with E-state index in [0.717, 1.165) is 0 Å². The van der Waals surface area contributed by atoms with E-state index in [1.165, 1.54) is 6.07 Å². The summed E-state index contributed by atoms with van der Waals surface area (Å²) in [5, 5.41) is 12.5. The predicted molar refractivity (Wildman–Crippen MR) is 80.6 cm³/mol. The molecule has 21 heavy (non-hydrogen) atoms. The quantitative estimate of drug-likeness (QED) is 0.832. The van der Waals surface area contributed by atoms with Crippen LogP contribution in [0.3, 0.4) is 0 Å². The number of para-hydroxylation sites is 1. The Morgan fingerprint density at radius 1 is 1.38 bits per heavy atom. The maximum absolute atomic E-state index is 12.4. The van der Waals surface area contributed by atoms with Gasteiger partial charge in [-0.2, -0.15) is 0 Å². The largest absolute Gasteiger partial charge is 0.481 e. The van der Waals surface area contributed by atoms with Crippen LogP contribution in [0.15, 0.2) is 30.3 Å². The lowest BCUT2D eigenvalue weighted by Gasteiger charge is -2.15. The molecule has 0 aliphatic carbocycles. The Hall–Kier alpha value is -2.14. The molecule has 1 aromatic carbocycles. The second kappa shape index (κ2) is 6.54. The Labute approximate surface area is 126 Å². The third-order valence-corrected chi connectivity index (χ3v) is 3.37. The first-order valence-electron chi connectivity index (χ1n) is 6.59. The van der Waals surface area contributed by atoms with Gasteiger partial charge in [-0.3, -0.25) is 9.59 Å². The van der Waals surface area contributed by atoms with Crippen LogP contribution in [-0.4, -0.2) is 28.0 Å². The van der Waals surface area contributed by atoms with E-state index >= 15 is 0 Å². The molecule has 1 aromatic heterocycles. The van der Waals surface area contributed by atoms with Crippen molar-refractivity contribution in [1.82, 2.24) is 10.3 Å². The van der Waals surface area contributed by atoms with Crippen molar-refractivity contribution in [3.8, 4) is 0 Å². The van der Waals surface area contributed by atoms with Crippen molar-refractivity contribution in [2.75, 3.05) is 0 Å². The van der Waals surface area contributed by atoms with Gasteiger partial charge in [0.2, 0.25) is 0 Å². The van der Waals surface area contributed by atoms with Gasteiger partial charge in [0, 0.05) is 11.4 Å². The average molecular weight is 307 g/mol. The van der Waals surface area contributed by atoms with Gasteiger partial charge in [-0.25, -0.2) is 4.98 Å². The summed E-state index contributed by atoms with van der Waals surface area (Å²) in [7, 11) is 0. The molecule has 1 heterocycles. The summed E-state index contributed by atoms with van der Waals surface area (Å²) in [6.45, 7) is 1.82. The molecule has 2 aromatic rings. The maximum atomic E-state index is 12.4. The van der Waals surface area contributed by atoms with Crippen LogP contribution in [0.2, 0.25) is 5.15 Å². The van der Waals surface area contributed by atoms with E-state index in [1.54, 1.807) is 12.1 Å². The molecule has 1 atom stereocenters. The Bertz CT molecular complexity index is 688. The van der Waals surface area contributed by atoms with Crippen molar-refractivity contribution < 1.29 is 14.7 Å². The molecule has 2 rings (SSSR count). The molecular formula is C15H15ClN2O3.